The molecular weight excluding hydrogens is 228 g/mol. The van der Waals surface area contributed by atoms with Crippen LogP contribution in [0.15, 0.2) is 18.3 Å². The molecule has 4 nitrogen and oxygen atoms in total. The molecule has 2 fully saturated rings. The SMILES string of the molecule is Nc1ncccc1C1(O)CCCC12CCOCC2. The number of hydrogen-bond donors (Lipinski definition) is 2. The average Bonchev–Trinajstić information content (AvgIpc) is 2.69. The maximum Gasteiger partial charge on any atom is 0.129 e. The Bertz CT molecular complexity index is 443. The predicted octanol–water partition coefficient (Wildman–Crippen LogP) is 1.83. The molecule has 4 heteroatoms. The molecule has 2 aliphatic rings. The summed E-state index contributed by atoms with van der Waals surface area (Å²) in [5.41, 5.74) is 5.89. The smallest absolute Gasteiger partial charge is 0.129 e. The van der Waals surface area contributed by atoms with E-state index in [2.05, 4.69) is 4.98 Å². The average molecular weight is 248 g/mol. The van der Waals surface area contributed by atoms with Crippen LogP contribution in [0.25, 0.3) is 0 Å². The minimum Gasteiger partial charge on any atom is -0.384 e. The first-order valence-corrected chi connectivity index (χ1v) is 6.69. The van der Waals surface area contributed by atoms with Crippen LogP contribution in [0.5, 0.6) is 0 Å². The van der Waals surface area contributed by atoms with Crippen LogP contribution in [0.1, 0.15) is 37.7 Å². The third kappa shape index (κ3) is 1.56. The van der Waals surface area contributed by atoms with E-state index in [0.717, 1.165) is 50.9 Å². The van der Waals surface area contributed by atoms with Gasteiger partial charge < -0.3 is 15.6 Å². The molecule has 1 aromatic heterocycles. The van der Waals surface area contributed by atoms with Crippen molar-refractivity contribution in [2.75, 3.05) is 18.9 Å². The van der Waals surface area contributed by atoms with Crippen molar-refractivity contribution in [2.24, 2.45) is 5.41 Å². The van der Waals surface area contributed by atoms with Gasteiger partial charge in [-0.05, 0) is 38.2 Å². The van der Waals surface area contributed by atoms with Gasteiger partial charge in [-0.25, -0.2) is 4.98 Å². The van der Waals surface area contributed by atoms with Crippen LogP contribution in [0.4, 0.5) is 5.82 Å². The molecule has 1 aliphatic heterocycles. The Morgan fingerprint density at radius 2 is 2.00 bits per heavy atom. The number of aromatic nitrogens is 1. The Kier molecular flexibility index (Phi) is 2.79. The molecule has 1 atom stereocenters. The second kappa shape index (κ2) is 4.21. The molecule has 1 aliphatic carbocycles. The van der Waals surface area contributed by atoms with E-state index in [1.807, 2.05) is 12.1 Å². The molecule has 3 rings (SSSR count). The predicted molar refractivity (Wildman–Crippen MR) is 68.9 cm³/mol. The lowest BCUT2D eigenvalue weighted by atomic mass is 9.66. The van der Waals surface area contributed by atoms with Crippen molar-refractivity contribution in [3.8, 4) is 0 Å². The molecule has 1 unspecified atom stereocenters. The zero-order valence-electron chi connectivity index (χ0n) is 10.6. The fourth-order valence-electron chi connectivity index (χ4n) is 3.77. The molecule has 18 heavy (non-hydrogen) atoms. The maximum absolute atomic E-state index is 11.2. The van der Waals surface area contributed by atoms with Crippen LogP contribution in [0, 0.1) is 5.41 Å². The van der Waals surface area contributed by atoms with Crippen molar-refractivity contribution in [1.29, 1.82) is 0 Å². The van der Waals surface area contributed by atoms with E-state index >= 15 is 0 Å². The number of anilines is 1. The number of ether oxygens (including phenoxy) is 1. The number of nitrogen functional groups attached to an aromatic ring is 1. The second-order valence-electron chi connectivity index (χ2n) is 5.54. The van der Waals surface area contributed by atoms with Crippen molar-refractivity contribution >= 4 is 5.82 Å². The van der Waals surface area contributed by atoms with Gasteiger partial charge in [0, 0.05) is 30.4 Å². The third-order valence-corrected chi connectivity index (χ3v) is 4.81. The zero-order valence-corrected chi connectivity index (χ0v) is 10.6. The molecule has 98 valence electrons. The summed E-state index contributed by atoms with van der Waals surface area (Å²) in [7, 11) is 0. The van der Waals surface area contributed by atoms with Gasteiger partial charge in [-0.3, -0.25) is 0 Å². The Hall–Kier alpha value is -1.13. The Balaban J connectivity index is 2.05. The summed E-state index contributed by atoms with van der Waals surface area (Å²) < 4.78 is 5.46. The van der Waals surface area contributed by atoms with Crippen molar-refractivity contribution in [3.63, 3.8) is 0 Å². The maximum atomic E-state index is 11.2. The Labute approximate surface area is 107 Å². The Morgan fingerprint density at radius 1 is 1.22 bits per heavy atom. The van der Waals surface area contributed by atoms with E-state index < -0.39 is 5.60 Å². The molecule has 1 saturated carbocycles. The molecule has 0 amide bonds. The summed E-state index contributed by atoms with van der Waals surface area (Å²) in [4.78, 5) is 4.13. The number of rotatable bonds is 1. The molecule has 0 bridgehead atoms. The quantitative estimate of drug-likeness (QED) is 0.795. The van der Waals surface area contributed by atoms with Crippen molar-refractivity contribution in [3.05, 3.63) is 23.9 Å². The van der Waals surface area contributed by atoms with E-state index in [4.69, 9.17) is 10.5 Å². The summed E-state index contributed by atoms with van der Waals surface area (Å²) in [5.74, 6) is 0.466. The topological polar surface area (TPSA) is 68.4 Å². The van der Waals surface area contributed by atoms with Crippen LogP contribution >= 0.6 is 0 Å². The molecule has 1 spiro atoms. The fourth-order valence-corrected chi connectivity index (χ4v) is 3.77. The summed E-state index contributed by atoms with van der Waals surface area (Å²) >= 11 is 0. The normalized spacial score (nSPS) is 30.7. The summed E-state index contributed by atoms with van der Waals surface area (Å²) in [6.45, 7) is 1.48. The molecule has 2 heterocycles. The lowest BCUT2D eigenvalue weighted by Crippen LogP contribution is -2.45. The Morgan fingerprint density at radius 3 is 2.72 bits per heavy atom. The molecule has 0 aromatic carbocycles. The lowest BCUT2D eigenvalue weighted by Gasteiger charge is -2.45. The van der Waals surface area contributed by atoms with Gasteiger partial charge in [0.2, 0.25) is 0 Å². The van der Waals surface area contributed by atoms with E-state index in [1.54, 1.807) is 6.20 Å². The zero-order chi connectivity index (χ0) is 12.6. The van der Waals surface area contributed by atoms with E-state index in [1.165, 1.54) is 0 Å². The van der Waals surface area contributed by atoms with Crippen LogP contribution in [-0.2, 0) is 10.3 Å². The molecule has 0 radical (unpaired) electrons. The first-order chi connectivity index (χ1) is 8.68. The second-order valence-corrected chi connectivity index (χ2v) is 5.54. The largest absolute Gasteiger partial charge is 0.384 e. The third-order valence-electron chi connectivity index (χ3n) is 4.81. The van der Waals surface area contributed by atoms with Gasteiger partial charge in [0.05, 0.1) is 5.60 Å². The highest BCUT2D eigenvalue weighted by molar-refractivity contribution is 5.44. The summed E-state index contributed by atoms with van der Waals surface area (Å²) in [5, 5.41) is 11.2. The highest BCUT2D eigenvalue weighted by Crippen LogP contribution is 2.58. The van der Waals surface area contributed by atoms with Gasteiger partial charge in [0.15, 0.2) is 0 Å². The first-order valence-electron chi connectivity index (χ1n) is 6.69. The van der Waals surface area contributed by atoms with Gasteiger partial charge >= 0.3 is 0 Å². The van der Waals surface area contributed by atoms with Crippen molar-refractivity contribution in [2.45, 2.75) is 37.7 Å². The fraction of sp³-hybridized carbons (Fsp3) is 0.643. The minimum absolute atomic E-state index is 0.0671. The van der Waals surface area contributed by atoms with E-state index in [9.17, 15) is 5.11 Å². The van der Waals surface area contributed by atoms with Gasteiger partial charge in [-0.2, -0.15) is 0 Å². The molecule has 3 N–H and O–H groups in total. The number of nitrogens with zero attached hydrogens (tertiary/aromatic N) is 1. The van der Waals surface area contributed by atoms with Gasteiger partial charge in [-0.1, -0.05) is 6.07 Å². The number of hydrogen-bond acceptors (Lipinski definition) is 4. The van der Waals surface area contributed by atoms with Crippen LogP contribution in [-0.4, -0.2) is 23.3 Å². The highest BCUT2D eigenvalue weighted by Gasteiger charge is 2.55. The standard InChI is InChI=1S/C14H20N2O2/c15-12-11(3-1-8-16-12)14(17)5-2-4-13(14)6-9-18-10-7-13/h1,3,8,17H,2,4-7,9-10H2,(H2,15,16). The lowest BCUT2D eigenvalue weighted by molar-refractivity contribution is -0.118. The van der Waals surface area contributed by atoms with Crippen molar-refractivity contribution < 1.29 is 9.84 Å². The van der Waals surface area contributed by atoms with Gasteiger partial charge in [0.1, 0.15) is 5.82 Å². The summed E-state index contributed by atoms with van der Waals surface area (Å²) in [6.07, 6.45) is 6.39. The van der Waals surface area contributed by atoms with Gasteiger partial charge in [-0.15, -0.1) is 0 Å². The molecule has 1 aromatic rings. The number of nitrogens with two attached hydrogens (primary N) is 1. The highest BCUT2D eigenvalue weighted by atomic mass is 16.5. The molecular formula is C14H20N2O2. The van der Waals surface area contributed by atoms with Crippen LogP contribution < -0.4 is 5.73 Å². The minimum atomic E-state index is -0.824. The van der Waals surface area contributed by atoms with Crippen LogP contribution in [0.3, 0.4) is 0 Å². The monoisotopic (exact) mass is 248 g/mol. The molecule has 1 saturated heterocycles. The van der Waals surface area contributed by atoms with E-state index in [0.29, 0.717) is 5.82 Å². The number of pyridine rings is 1. The first kappa shape index (κ1) is 11.9. The summed E-state index contributed by atoms with van der Waals surface area (Å²) in [6, 6.07) is 3.78. The van der Waals surface area contributed by atoms with Crippen LogP contribution in [0.2, 0.25) is 0 Å². The van der Waals surface area contributed by atoms with Gasteiger partial charge in [0.25, 0.3) is 0 Å². The van der Waals surface area contributed by atoms with Crippen molar-refractivity contribution in [1.82, 2.24) is 4.98 Å². The number of aliphatic hydroxyl groups is 1. The van der Waals surface area contributed by atoms with E-state index in [-0.39, 0.29) is 5.41 Å².